The number of amides is 2. The fraction of sp³-hybridized carbons (Fsp3) is 0.364. The molecule has 6 nitrogen and oxygen atoms in total. The van der Waals surface area contributed by atoms with Gasteiger partial charge in [-0.3, -0.25) is 20.4 Å². The van der Waals surface area contributed by atoms with Crippen LogP contribution in [0.15, 0.2) is 5.38 Å². The molecular weight excluding hydrogens is 256 g/mol. The molecule has 98 valence electrons. The highest BCUT2D eigenvalue weighted by Crippen LogP contribution is 2.19. The van der Waals surface area contributed by atoms with E-state index in [1.54, 1.807) is 5.38 Å². The van der Waals surface area contributed by atoms with Crippen LogP contribution in [0.3, 0.4) is 0 Å². The molecule has 0 saturated heterocycles. The summed E-state index contributed by atoms with van der Waals surface area (Å²) < 4.78 is 0. The maximum absolute atomic E-state index is 11.7. The van der Waals surface area contributed by atoms with E-state index in [4.69, 9.17) is 0 Å². The van der Waals surface area contributed by atoms with Gasteiger partial charge in [-0.1, -0.05) is 0 Å². The Kier molecular flexibility index (Phi) is 4.85. The predicted octanol–water partition coefficient (Wildman–Crippen LogP) is -0.344. The lowest BCUT2D eigenvalue weighted by Gasteiger charge is -2.07. The van der Waals surface area contributed by atoms with Gasteiger partial charge in [-0.2, -0.15) is 0 Å². The van der Waals surface area contributed by atoms with Gasteiger partial charge >= 0.3 is 0 Å². The zero-order chi connectivity index (χ0) is 13.7. The highest BCUT2D eigenvalue weighted by atomic mass is 32.1. The Morgan fingerprint density at radius 2 is 1.89 bits per heavy atom. The third kappa shape index (κ3) is 3.85. The van der Waals surface area contributed by atoms with E-state index in [9.17, 15) is 19.5 Å². The minimum Gasteiger partial charge on any atom is -0.550 e. The Balaban J connectivity index is 2.44. The number of carbonyl (C=O) groups excluding carboxylic acids is 3. The van der Waals surface area contributed by atoms with Crippen molar-refractivity contribution in [2.75, 3.05) is 0 Å². The van der Waals surface area contributed by atoms with E-state index < -0.39 is 17.8 Å². The number of hydrogen-bond donors (Lipinski definition) is 2. The minimum absolute atomic E-state index is 0.232. The van der Waals surface area contributed by atoms with E-state index >= 15 is 0 Å². The van der Waals surface area contributed by atoms with Crippen LogP contribution in [0, 0.1) is 13.8 Å². The van der Waals surface area contributed by atoms with E-state index in [0.29, 0.717) is 5.56 Å². The van der Waals surface area contributed by atoms with Gasteiger partial charge in [0.05, 0.1) is 5.56 Å². The van der Waals surface area contributed by atoms with Crippen LogP contribution in [-0.2, 0) is 9.59 Å². The van der Waals surface area contributed by atoms with Crippen molar-refractivity contribution in [3.63, 3.8) is 0 Å². The van der Waals surface area contributed by atoms with Gasteiger partial charge in [0.2, 0.25) is 5.91 Å². The number of aliphatic carboxylic acids is 1. The molecule has 0 spiro atoms. The van der Waals surface area contributed by atoms with Crippen LogP contribution in [0.5, 0.6) is 0 Å². The van der Waals surface area contributed by atoms with Gasteiger partial charge in [-0.25, -0.2) is 0 Å². The Morgan fingerprint density at radius 1 is 1.22 bits per heavy atom. The molecule has 2 amide bonds. The summed E-state index contributed by atoms with van der Waals surface area (Å²) in [5.74, 6) is -2.29. The fourth-order valence-electron chi connectivity index (χ4n) is 1.21. The van der Waals surface area contributed by atoms with Crippen molar-refractivity contribution in [3.8, 4) is 0 Å². The van der Waals surface area contributed by atoms with Crippen LogP contribution in [0.25, 0.3) is 0 Å². The first-order valence-corrected chi connectivity index (χ1v) is 6.13. The third-order valence-corrected chi connectivity index (χ3v) is 3.42. The summed E-state index contributed by atoms with van der Waals surface area (Å²) in [6.07, 6.45) is -0.609. The van der Waals surface area contributed by atoms with Gasteiger partial charge in [-0.05, 0) is 25.8 Å². The Labute approximate surface area is 108 Å². The Hall–Kier alpha value is -1.89. The summed E-state index contributed by atoms with van der Waals surface area (Å²) >= 11 is 1.45. The van der Waals surface area contributed by atoms with E-state index in [-0.39, 0.29) is 12.8 Å². The number of hydrazine groups is 1. The van der Waals surface area contributed by atoms with Crippen molar-refractivity contribution >= 4 is 29.1 Å². The van der Waals surface area contributed by atoms with E-state index in [1.165, 1.54) is 11.3 Å². The van der Waals surface area contributed by atoms with E-state index in [2.05, 4.69) is 10.9 Å². The molecule has 0 bridgehead atoms. The Bertz CT molecular complexity index is 481. The topological polar surface area (TPSA) is 98.3 Å². The molecule has 0 aliphatic heterocycles. The number of aryl methyl sites for hydroxylation is 1. The van der Waals surface area contributed by atoms with Crippen molar-refractivity contribution in [2.24, 2.45) is 0 Å². The molecule has 0 atom stereocenters. The largest absolute Gasteiger partial charge is 0.550 e. The van der Waals surface area contributed by atoms with Crippen LogP contribution in [0.4, 0.5) is 0 Å². The molecule has 0 radical (unpaired) electrons. The van der Waals surface area contributed by atoms with Crippen molar-refractivity contribution in [2.45, 2.75) is 26.7 Å². The second kappa shape index (κ2) is 6.15. The average Bonchev–Trinajstić information content (AvgIpc) is 2.64. The van der Waals surface area contributed by atoms with Crippen LogP contribution in [-0.4, -0.2) is 17.8 Å². The molecule has 0 aromatic carbocycles. The lowest BCUT2D eigenvalue weighted by Crippen LogP contribution is -2.42. The number of carboxylic acid groups (broad SMARTS) is 1. The maximum Gasteiger partial charge on any atom is 0.270 e. The van der Waals surface area contributed by atoms with Gasteiger partial charge in [0.15, 0.2) is 0 Å². The molecule has 0 aliphatic rings. The summed E-state index contributed by atoms with van der Waals surface area (Å²) in [4.78, 5) is 34.0. The van der Waals surface area contributed by atoms with Crippen molar-refractivity contribution in [3.05, 3.63) is 21.4 Å². The highest BCUT2D eigenvalue weighted by molar-refractivity contribution is 7.10. The van der Waals surface area contributed by atoms with Gasteiger partial charge in [0.25, 0.3) is 5.91 Å². The van der Waals surface area contributed by atoms with E-state index in [0.717, 1.165) is 10.4 Å². The van der Waals surface area contributed by atoms with Crippen LogP contribution in [0.1, 0.15) is 33.6 Å². The SMILES string of the molecule is Cc1scc(C(=O)NNC(=O)CCC(=O)[O-])c1C. The number of carbonyl (C=O) groups is 3. The predicted molar refractivity (Wildman–Crippen MR) is 63.6 cm³/mol. The molecule has 0 aliphatic carbocycles. The molecule has 2 N–H and O–H groups in total. The zero-order valence-corrected chi connectivity index (χ0v) is 10.8. The number of rotatable bonds is 4. The first-order valence-electron chi connectivity index (χ1n) is 5.25. The second-order valence-corrected chi connectivity index (χ2v) is 4.79. The number of thiophene rings is 1. The summed E-state index contributed by atoms with van der Waals surface area (Å²) in [6.45, 7) is 3.72. The number of carboxylic acids is 1. The molecule has 1 aromatic heterocycles. The van der Waals surface area contributed by atoms with Gasteiger partial charge in [0.1, 0.15) is 0 Å². The summed E-state index contributed by atoms with van der Waals surface area (Å²) in [6, 6.07) is 0. The van der Waals surface area contributed by atoms with Gasteiger partial charge < -0.3 is 9.90 Å². The lowest BCUT2D eigenvalue weighted by molar-refractivity contribution is -0.305. The quantitative estimate of drug-likeness (QED) is 0.730. The summed E-state index contributed by atoms with van der Waals surface area (Å²) in [5, 5.41) is 11.8. The molecule has 0 saturated carbocycles. The molecule has 0 unspecified atom stereocenters. The second-order valence-electron chi connectivity index (χ2n) is 3.70. The van der Waals surface area contributed by atoms with Crippen LogP contribution >= 0.6 is 11.3 Å². The normalized spacial score (nSPS) is 9.89. The average molecular weight is 269 g/mol. The first-order chi connectivity index (χ1) is 8.41. The molecular formula is C11H13N2O4S-. The number of hydrogen-bond acceptors (Lipinski definition) is 5. The monoisotopic (exact) mass is 269 g/mol. The van der Waals surface area contributed by atoms with Crippen LogP contribution < -0.4 is 16.0 Å². The lowest BCUT2D eigenvalue weighted by atomic mass is 10.2. The first kappa shape index (κ1) is 14.2. The van der Waals surface area contributed by atoms with Gasteiger partial charge in [-0.15, -0.1) is 11.3 Å². The van der Waals surface area contributed by atoms with Crippen molar-refractivity contribution < 1.29 is 19.5 Å². The third-order valence-electron chi connectivity index (χ3n) is 2.40. The summed E-state index contributed by atoms with van der Waals surface area (Å²) in [7, 11) is 0. The highest BCUT2D eigenvalue weighted by Gasteiger charge is 2.12. The van der Waals surface area contributed by atoms with E-state index in [1.807, 2.05) is 13.8 Å². The maximum atomic E-state index is 11.7. The van der Waals surface area contributed by atoms with Crippen molar-refractivity contribution in [1.82, 2.24) is 10.9 Å². The molecule has 0 fully saturated rings. The molecule has 1 heterocycles. The van der Waals surface area contributed by atoms with Crippen LogP contribution in [0.2, 0.25) is 0 Å². The van der Waals surface area contributed by atoms with Crippen molar-refractivity contribution in [1.29, 1.82) is 0 Å². The summed E-state index contributed by atoms with van der Waals surface area (Å²) in [5.41, 5.74) is 5.74. The smallest absolute Gasteiger partial charge is 0.270 e. The molecule has 1 rings (SSSR count). The standard InChI is InChI=1S/C11H14N2O4S/c1-6-7(2)18-5-8(6)11(17)13-12-9(14)3-4-10(15)16/h5H,3-4H2,1-2H3,(H,12,14)(H,13,17)(H,15,16)/p-1. The van der Waals surface area contributed by atoms with Gasteiger partial charge in [0, 0.05) is 22.6 Å². The Morgan fingerprint density at radius 3 is 2.39 bits per heavy atom. The minimum atomic E-state index is -1.30. The number of nitrogens with one attached hydrogen (secondary N) is 2. The molecule has 18 heavy (non-hydrogen) atoms. The molecule has 1 aromatic rings. The fourth-order valence-corrected chi connectivity index (χ4v) is 2.07. The zero-order valence-electron chi connectivity index (χ0n) is 10.0. The molecule has 7 heteroatoms.